The van der Waals surface area contributed by atoms with Crippen LogP contribution < -0.4 is 5.73 Å². The number of allylic oxidation sites excluding steroid dienone is 2. The van der Waals surface area contributed by atoms with Crippen LogP contribution in [0.2, 0.25) is 0 Å². The molecule has 0 bridgehead atoms. The quantitative estimate of drug-likeness (QED) is 0.404. The molecule has 1 aliphatic heterocycles. The Hall–Kier alpha value is -2.80. The fraction of sp³-hybridized carbons (Fsp3) is 0.227. The van der Waals surface area contributed by atoms with Crippen LogP contribution in [0.5, 0.6) is 0 Å². The van der Waals surface area contributed by atoms with Gasteiger partial charge in [0.15, 0.2) is 4.34 Å². The molecule has 31 heavy (non-hydrogen) atoms. The maximum atomic E-state index is 12.5. The summed E-state index contributed by atoms with van der Waals surface area (Å²) in [6.45, 7) is 3.69. The maximum Gasteiger partial charge on any atom is 0.338 e. The zero-order valence-electron chi connectivity index (χ0n) is 17.1. The molecule has 1 atom stereocenters. The zero-order chi connectivity index (χ0) is 22.1. The van der Waals surface area contributed by atoms with E-state index in [4.69, 9.17) is 15.2 Å². The van der Waals surface area contributed by atoms with Gasteiger partial charge in [0.2, 0.25) is 5.88 Å². The third-order valence-electron chi connectivity index (χ3n) is 4.96. The molecule has 158 valence electrons. The highest BCUT2D eigenvalue weighted by Gasteiger charge is 2.37. The van der Waals surface area contributed by atoms with E-state index >= 15 is 0 Å². The largest absolute Gasteiger partial charge is 0.466 e. The molecule has 0 fully saturated rings. The number of methoxy groups -OCH3 is 1. The second-order valence-electron chi connectivity index (χ2n) is 6.85. The smallest absolute Gasteiger partial charge is 0.338 e. The van der Waals surface area contributed by atoms with E-state index in [0.29, 0.717) is 11.3 Å². The number of ether oxygens (including phenoxy) is 2. The van der Waals surface area contributed by atoms with Crippen LogP contribution in [0.4, 0.5) is 0 Å². The van der Waals surface area contributed by atoms with Crippen LogP contribution >= 0.6 is 34.4 Å². The number of aryl methyl sites for hydroxylation is 1. The summed E-state index contributed by atoms with van der Waals surface area (Å²) in [5.41, 5.74) is 8.63. The number of hydrogen-bond acceptors (Lipinski definition) is 9. The number of benzene rings is 1. The Morgan fingerprint density at radius 1 is 1.35 bits per heavy atom. The first-order valence-corrected chi connectivity index (χ1v) is 12.0. The van der Waals surface area contributed by atoms with Gasteiger partial charge in [-0.05, 0) is 37.6 Å². The fourth-order valence-corrected chi connectivity index (χ4v) is 6.81. The summed E-state index contributed by atoms with van der Waals surface area (Å²) < 4.78 is 12.6. The van der Waals surface area contributed by atoms with E-state index in [1.807, 2.05) is 31.2 Å². The van der Waals surface area contributed by atoms with Crippen molar-refractivity contribution in [3.05, 3.63) is 68.4 Å². The number of esters is 1. The van der Waals surface area contributed by atoms with Gasteiger partial charge in [0.1, 0.15) is 17.4 Å². The predicted octanol–water partition coefficient (Wildman–Crippen LogP) is 5.21. The van der Waals surface area contributed by atoms with Gasteiger partial charge in [-0.25, -0.2) is 9.78 Å². The van der Waals surface area contributed by atoms with E-state index in [9.17, 15) is 10.1 Å². The van der Waals surface area contributed by atoms with Gasteiger partial charge in [-0.2, -0.15) is 5.26 Å². The van der Waals surface area contributed by atoms with Crippen molar-refractivity contribution in [1.82, 2.24) is 4.98 Å². The van der Waals surface area contributed by atoms with Crippen molar-refractivity contribution in [3.63, 3.8) is 0 Å². The summed E-state index contributed by atoms with van der Waals surface area (Å²) in [5, 5.41) is 9.70. The molecule has 0 aliphatic carbocycles. The minimum Gasteiger partial charge on any atom is -0.466 e. The molecule has 0 amide bonds. The third kappa shape index (κ3) is 4.06. The monoisotopic (exact) mass is 469 g/mol. The van der Waals surface area contributed by atoms with Crippen LogP contribution in [0.25, 0.3) is 10.2 Å². The van der Waals surface area contributed by atoms with Crippen molar-refractivity contribution >= 4 is 50.6 Å². The Balaban J connectivity index is 1.65. The standard InChI is InChI=1S/C22H19N3O3S3/c1-11-18(21(26)27-3)19(14(9-23)20(24)28-11)17-8-13(12(2)30-17)10-29-22-25-15-6-4-5-7-16(15)31-22/h4-8,19H,10,24H2,1-3H3. The second kappa shape index (κ2) is 8.75. The van der Waals surface area contributed by atoms with Gasteiger partial charge in [-0.1, -0.05) is 23.9 Å². The lowest BCUT2D eigenvalue weighted by atomic mass is 9.87. The number of rotatable bonds is 5. The number of thiophene rings is 1. The average Bonchev–Trinajstić information content (AvgIpc) is 3.33. The normalized spacial score (nSPS) is 16.4. The molecule has 3 heterocycles. The van der Waals surface area contributed by atoms with Gasteiger partial charge in [0.05, 0.1) is 28.8 Å². The lowest BCUT2D eigenvalue weighted by molar-refractivity contribution is -0.136. The summed E-state index contributed by atoms with van der Waals surface area (Å²) in [4.78, 5) is 19.1. The third-order valence-corrected chi connectivity index (χ3v) is 8.35. The van der Waals surface area contributed by atoms with E-state index in [0.717, 1.165) is 35.6 Å². The van der Waals surface area contributed by atoms with Crippen molar-refractivity contribution in [2.75, 3.05) is 7.11 Å². The summed E-state index contributed by atoms with van der Waals surface area (Å²) in [7, 11) is 1.31. The van der Waals surface area contributed by atoms with Crippen LogP contribution in [0.15, 0.2) is 57.5 Å². The van der Waals surface area contributed by atoms with Gasteiger partial charge in [-0.3, -0.25) is 0 Å². The number of para-hydroxylation sites is 1. The molecule has 0 radical (unpaired) electrons. The summed E-state index contributed by atoms with van der Waals surface area (Å²) >= 11 is 4.90. The van der Waals surface area contributed by atoms with Gasteiger partial charge < -0.3 is 15.2 Å². The minimum atomic E-state index is -0.601. The van der Waals surface area contributed by atoms with Gasteiger partial charge in [-0.15, -0.1) is 22.7 Å². The molecule has 0 saturated heterocycles. The molecule has 0 spiro atoms. The first-order valence-electron chi connectivity index (χ1n) is 9.37. The number of thiazole rings is 1. The number of fused-ring (bicyclic) bond motifs is 1. The molecule has 3 aromatic rings. The summed E-state index contributed by atoms with van der Waals surface area (Å²) in [6, 6.07) is 12.2. The molecule has 2 aromatic heterocycles. The molecule has 4 rings (SSSR count). The van der Waals surface area contributed by atoms with Gasteiger partial charge in [0.25, 0.3) is 0 Å². The Morgan fingerprint density at radius 3 is 2.84 bits per heavy atom. The SMILES string of the molecule is COC(=O)C1=C(C)OC(N)=C(C#N)C1c1cc(CSc2nc3ccccc3s2)c(C)s1. The summed E-state index contributed by atoms with van der Waals surface area (Å²) in [5.74, 6) is -0.0166. The number of hydrogen-bond donors (Lipinski definition) is 1. The molecular formula is C22H19N3O3S3. The maximum absolute atomic E-state index is 12.5. The van der Waals surface area contributed by atoms with E-state index in [2.05, 4.69) is 17.1 Å². The van der Waals surface area contributed by atoms with Crippen LogP contribution in [0, 0.1) is 18.3 Å². The van der Waals surface area contributed by atoms with Crippen molar-refractivity contribution in [3.8, 4) is 6.07 Å². The number of carbonyl (C=O) groups is 1. The zero-order valence-corrected chi connectivity index (χ0v) is 19.5. The summed E-state index contributed by atoms with van der Waals surface area (Å²) in [6.07, 6.45) is 0. The molecule has 1 aliphatic rings. The van der Waals surface area contributed by atoms with E-state index in [1.54, 1.807) is 41.4 Å². The number of thioether (sulfide) groups is 1. The van der Waals surface area contributed by atoms with E-state index < -0.39 is 11.9 Å². The molecule has 6 nitrogen and oxygen atoms in total. The molecular weight excluding hydrogens is 450 g/mol. The number of carbonyl (C=O) groups excluding carboxylic acids is 1. The Morgan fingerprint density at radius 2 is 2.13 bits per heavy atom. The lowest BCUT2D eigenvalue weighted by Gasteiger charge is -2.25. The van der Waals surface area contributed by atoms with E-state index in [-0.39, 0.29) is 11.5 Å². The number of aromatic nitrogens is 1. The molecule has 1 unspecified atom stereocenters. The Bertz CT molecular complexity index is 1250. The number of nitriles is 1. The van der Waals surface area contributed by atoms with Crippen LogP contribution in [0.1, 0.15) is 28.2 Å². The lowest BCUT2D eigenvalue weighted by Crippen LogP contribution is -2.24. The highest BCUT2D eigenvalue weighted by Crippen LogP contribution is 2.44. The predicted molar refractivity (Wildman–Crippen MR) is 124 cm³/mol. The topological polar surface area (TPSA) is 98.2 Å². The Labute approximate surface area is 192 Å². The van der Waals surface area contributed by atoms with Gasteiger partial charge >= 0.3 is 5.97 Å². The fourth-order valence-electron chi connectivity index (χ4n) is 3.42. The van der Waals surface area contributed by atoms with E-state index in [1.165, 1.54) is 7.11 Å². The first kappa shape index (κ1) is 21.4. The minimum absolute atomic E-state index is 0.0223. The highest BCUT2D eigenvalue weighted by molar-refractivity contribution is 8.00. The van der Waals surface area contributed by atoms with Crippen LogP contribution in [-0.4, -0.2) is 18.1 Å². The van der Waals surface area contributed by atoms with Gasteiger partial charge in [0, 0.05) is 15.5 Å². The van der Waals surface area contributed by atoms with Crippen molar-refractivity contribution in [2.24, 2.45) is 5.73 Å². The average molecular weight is 470 g/mol. The van der Waals surface area contributed by atoms with Crippen molar-refractivity contribution in [1.29, 1.82) is 5.26 Å². The first-order chi connectivity index (χ1) is 14.9. The Kier molecular flexibility index (Phi) is 6.05. The number of nitrogens with two attached hydrogens (primary N) is 1. The second-order valence-corrected chi connectivity index (χ2v) is 10.4. The molecule has 2 N–H and O–H groups in total. The van der Waals surface area contributed by atoms with Crippen LogP contribution in [-0.2, 0) is 20.0 Å². The molecule has 0 saturated carbocycles. The molecule has 1 aromatic carbocycles. The van der Waals surface area contributed by atoms with Crippen LogP contribution in [0.3, 0.4) is 0 Å². The van der Waals surface area contributed by atoms with Crippen molar-refractivity contribution in [2.45, 2.75) is 29.9 Å². The highest BCUT2D eigenvalue weighted by atomic mass is 32.2. The molecule has 9 heteroatoms. The number of nitrogens with zero attached hydrogens (tertiary/aromatic N) is 2. The van der Waals surface area contributed by atoms with Crippen molar-refractivity contribution < 1.29 is 14.3 Å².